The molecule has 1 N–H and O–H groups in total. The summed E-state index contributed by atoms with van der Waals surface area (Å²) in [6.07, 6.45) is 0.949. The second-order valence-electron chi connectivity index (χ2n) is 6.78. The van der Waals surface area contributed by atoms with Crippen LogP contribution in [0.15, 0.2) is 48.5 Å². The maximum atomic E-state index is 12.6. The largest absolute Gasteiger partial charge is 0.377 e. The molecule has 2 aromatic rings. The first-order chi connectivity index (χ1) is 13.8. The molecule has 1 aliphatic rings. The Bertz CT molecular complexity index is 1000. The lowest BCUT2D eigenvalue weighted by Gasteiger charge is -2.32. The van der Waals surface area contributed by atoms with Crippen LogP contribution in [0.4, 0.5) is 17.1 Å². The second-order valence-corrected chi connectivity index (χ2v) is 8.74. The molecule has 0 saturated carbocycles. The highest BCUT2D eigenvalue weighted by Crippen LogP contribution is 2.31. The molecule has 1 saturated heterocycles. The molecule has 0 bridgehead atoms. The third kappa shape index (κ3) is 5.06. The molecule has 154 valence electrons. The van der Waals surface area contributed by atoms with Gasteiger partial charge in [-0.15, -0.1) is 0 Å². The predicted molar refractivity (Wildman–Crippen MR) is 107 cm³/mol. The first-order valence-electron chi connectivity index (χ1n) is 8.97. The van der Waals surface area contributed by atoms with Crippen LogP contribution < -0.4 is 5.32 Å². The summed E-state index contributed by atoms with van der Waals surface area (Å²) in [5.41, 5.74) is 0.169. The van der Waals surface area contributed by atoms with E-state index in [1.807, 2.05) is 6.07 Å². The molecule has 1 fully saturated rings. The zero-order valence-corrected chi connectivity index (χ0v) is 16.2. The van der Waals surface area contributed by atoms with Crippen molar-refractivity contribution in [3.63, 3.8) is 0 Å². The van der Waals surface area contributed by atoms with E-state index in [1.165, 1.54) is 16.4 Å². The molecule has 0 radical (unpaired) electrons. The van der Waals surface area contributed by atoms with Gasteiger partial charge in [-0.25, -0.2) is 12.7 Å². The summed E-state index contributed by atoms with van der Waals surface area (Å²) in [5, 5.41) is 25.1. The van der Waals surface area contributed by atoms with Crippen LogP contribution >= 0.6 is 0 Å². The van der Waals surface area contributed by atoms with Crippen molar-refractivity contribution < 1.29 is 18.3 Å². The van der Waals surface area contributed by atoms with E-state index < -0.39 is 19.9 Å². The molecule has 1 heterocycles. The van der Waals surface area contributed by atoms with Crippen molar-refractivity contribution in [1.29, 1.82) is 0 Å². The summed E-state index contributed by atoms with van der Waals surface area (Å²) in [5.74, 6) is -0.0697. The topological polar surface area (TPSA) is 136 Å². The van der Waals surface area contributed by atoms with Gasteiger partial charge in [-0.2, -0.15) is 0 Å². The molecule has 10 nitrogen and oxygen atoms in total. The zero-order chi connectivity index (χ0) is 21.0. The number of rotatable bonds is 7. The van der Waals surface area contributed by atoms with Gasteiger partial charge in [0.05, 0.1) is 21.7 Å². The molecular formula is C18H20N4O6S. The third-order valence-corrected chi connectivity index (χ3v) is 6.64. The fraction of sp³-hybridized carbons (Fsp3) is 0.333. The quantitative estimate of drug-likeness (QED) is 0.537. The van der Waals surface area contributed by atoms with Crippen LogP contribution in [0.3, 0.4) is 0 Å². The molecular weight excluding hydrogens is 400 g/mol. The summed E-state index contributed by atoms with van der Waals surface area (Å²) >= 11 is 0. The van der Waals surface area contributed by atoms with E-state index in [0.29, 0.717) is 31.5 Å². The average Bonchev–Trinajstić information content (AvgIpc) is 2.69. The van der Waals surface area contributed by atoms with Crippen molar-refractivity contribution in [1.82, 2.24) is 4.31 Å². The van der Waals surface area contributed by atoms with Gasteiger partial charge in [0.2, 0.25) is 10.0 Å². The summed E-state index contributed by atoms with van der Waals surface area (Å²) in [6.45, 7) is 0.598. The average molecular weight is 420 g/mol. The number of non-ortho nitro benzene ring substituents is 1. The highest BCUT2D eigenvalue weighted by atomic mass is 32.2. The maximum Gasteiger partial charge on any atom is 0.299 e. The van der Waals surface area contributed by atoms with Crippen LogP contribution in [0.25, 0.3) is 0 Å². The Labute approximate surface area is 167 Å². The van der Waals surface area contributed by atoms with Gasteiger partial charge in [0.1, 0.15) is 5.69 Å². The highest BCUT2D eigenvalue weighted by Gasteiger charge is 2.29. The molecule has 0 amide bonds. The minimum absolute atomic E-state index is 0.0697. The van der Waals surface area contributed by atoms with Gasteiger partial charge in [-0.1, -0.05) is 30.3 Å². The first-order valence-corrected chi connectivity index (χ1v) is 10.6. The van der Waals surface area contributed by atoms with Gasteiger partial charge >= 0.3 is 0 Å². The Balaban J connectivity index is 1.64. The van der Waals surface area contributed by atoms with E-state index >= 15 is 0 Å². The standard InChI is InChI=1S/C18H20N4O6S/c23-21(24)16-6-7-17(18(12-16)22(25)26)19-15-8-10-20(11-9-15)29(27,28)13-14-4-2-1-3-5-14/h1-7,12,15,19H,8-11,13H2. The lowest BCUT2D eigenvalue weighted by atomic mass is 10.1. The summed E-state index contributed by atoms with van der Waals surface area (Å²) < 4.78 is 26.7. The Morgan fingerprint density at radius 3 is 2.24 bits per heavy atom. The minimum Gasteiger partial charge on any atom is -0.377 e. The third-order valence-electron chi connectivity index (χ3n) is 4.79. The molecule has 2 aromatic carbocycles. The Kier molecular flexibility index (Phi) is 6.09. The molecule has 11 heteroatoms. The number of benzene rings is 2. The number of hydrogen-bond acceptors (Lipinski definition) is 7. The van der Waals surface area contributed by atoms with Gasteiger partial charge in [-0.05, 0) is 24.5 Å². The predicted octanol–water partition coefficient (Wildman–Crippen LogP) is 2.91. The molecule has 1 aliphatic heterocycles. The number of nitrogens with zero attached hydrogens (tertiary/aromatic N) is 3. The van der Waals surface area contributed by atoms with Crippen molar-refractivity contribution in [2.45, 2.75) is 24.6 Å². The smallest absolute Gasteiger partial charge is 0.299 e. The van der Waals surface area contributed by atoms with Crippen LogP contribution in [0.2, 0.25) is 0 Å². The summed E-state index contributed by atoms with van der Waals surface area (Å²) in [7, 11) is -3.45. The number of nitro groups is 2. The molecule has 0 unspecified atom stereocenters. The van der Waals surface area contributed by atoms with Gasteiger partial charge in [0.25, 0.3) is 11.4 Å². The van der Waals surface area contributed by atoms with Crippen LogP contribution in [-0.2, 0) is 15.8 Å². The van der Waals surface area contributed by atoms with Crippen molar-refractivity contribution in [3.8, 4) is 0 Å². The van der Waals surface area contributed by atoms with Crippen LogP contribution in [0.1, 0.15) is 18.4 Å². The van der Waals surface area contributed by atoms with E-state index in [2.05, 4.69) is 5.32 Å². The molecule has 0 aliphatic carbocycles. The number of hydrogen-bond donors (Lipinski definition) is 1. The molecule has 3 rings (SSSR count). The molecule has 0 spiro atoms. The van der Waals surface area contributed by atoms with Gasteiger partial charge in [-0.3, -0.25) is 20.2 Å². The Morgan fingerprint density at radius 1 is 1.00 bits per heavy atom. The van der Waals surface area contributed by atoms with Gasteiger partial charge in [0.15, 0.2) is 0 Å². The summed E-state index contributed by atoms with van der Waals surface area (Å²) in [4.78, 5) is 20.7. The Hall–Kier alpha value is -3.05. The van der Waals surface area contributed by atoms with Gasteiger partial charge in [0, 0.05) is 25.2 Å². The van der Waals surface area contributed by atoms with Crippen molar-refractivity contribution in [3.05, 3.63) is 74.3 Å². The maximum absolute atomic E-state index is 12.6. The zero-order valence-electron chi connectivity index (χ0n) is 15.4. The van der Waals surface area contributed by atoms with Crippen molar-refractivity contribution >= 4 is 27.1 Å². The molecule has 0 aromatic heterocycles. The van der Waals surface area contributed by atoms with E-state index in [1.54, 1.807) is 24.3 Å². The summed E-state index contributed by atoms with van der Waals surface area (Å²) in [6, 6.07) is 12.2. The monoisotopic (exact) mass is 420 g/mol. The number of nitrogens with one attached hydrogen (secondary N) is 1. The first kappa shape index (κ1) is 20.7. The normalized spacial score (nSPS) is 15.7. The number of anilines is 1. The lowest BCUT2D eigenvalue weighted by molar-refractivity contribution is -0.393. The molecule has 29 heavy (non-hydrogen) atoms. The van der Waals surface area contributed by atoms with Crippen LogP contribution in [-0.4, -0.2) is 41.7 Å². The van der Waals surface area contributed by atoms with Crippen LogP contribution in [0.5, 0.6) is 0 Å². The van der Waals surface area contributed by atoms with E-state index in [-0.39, 0.29) is 28.9 Å². The highest BCUT2D eigenvalue weighted by molar-refractivity contribution is 7.88. The number of nitro benzene ring substituents is 2. The lowest BCUT2D eigenvalue weighted by Crippen LogP contribution is -2.42. The van der Waals surface area contributed by atoms with Gasteiger partial charge < -0.3 is 5.32 Å². The Morgan fingerprint density at radius 2 is 1.66 bits per heavy atom. The fourth-order valence-electron chi connectivity index (χ4n) is 3.28. The van der Waals surface area contributed by atoms with Crippen molar-refractivity contribution in [2.24, 2.45) is 0 Å². The number of sulfonamides is 1. The van der Waals surface area contributed by atoms with E-state index in [0.717, 1.165) is 6.07 Å². The van der Waals surface area contributed by atoms with Crippen LogP contribution in [0, 0.1) is 20.2 Å². The van der Waals surface area contributed by atoms with E-state index in [4.69, 9.17) is 0 Å². The van der Waals surface area contributed by atoms with E-state index in [9.17, 15) is 28.6 Å². The SMILES string of the molecule is O=[N+]([O-])c1ccc(NC2CCN(S(=O)(=O)Cc3ccccc3)CC2)c([N+](=O)[O-])c1. The molecule has 0 atom stereocenters. The number of piperidine rings is 1. The minimum atomic E-state index is -3.45. The second kappa shape index (κ2) is 8.53. The van der Waals surface area contributed by atoms with Crippen molar-refractivity contribution in [2.75, 3.05) is 18.4 Å². The fourth-order valence-corrected chi connectivity index (χ4v) is 4.84.